The first-order valence-electron chi connectivity index (χ1n) is 5.80. The van der Waals surface area contributed by atoms with Crippen molar-refractivity contribution in [1.82, 2.24) is 9.78 Å². The molecule has 0 radical (unpaired) electrons. The van der Waals surface area contributed by atoms with Crippen LogP contribution in [0.2, 0.25) is 0 Å². The minimum Gasteiger partial charge on any atom is -0.261 e. The van der Waals surface area contributed by atoms with Gasteiger partial charge in [-0.05, 0) is 50.3 Å². The van der Waals surface area contributed by atoms with Gasteiger partial charge in [0, 0.05) is 18.2 Å². The number of aryl methyl sites for hydroxylation is 3. The zero-order valence-corrected chi connectivity index (χ0v) is 12.2. The first-order valence-corrected chi connectivity index (χ1v) is 7.03. The van der Waals surface area contributed by atoms with Gasteiger partial charge >= 0.3 is 0 Å². The summed E-state index contributed by atoms with van der Waals surface area (Å²) >= 11 is 1.63. The number of rotatable bonds is 2. The van der Waals surface area contributed by atoms with Gasteiger partial charge in [-0.3, -0.25) is 4.68 Å². The number of aromatic nitrogens is 2. The lowest BCUT2D eigenvalue weighted by atomic mass is 10.0. The van der Waals surface area contributed by atoms with Gasteiger partial charge in [-0.15, -0.1) is 11.8 Å². The van der Waals surface area contributed by atoms with Crippen molar-refractivity contribution in [2.24, 2.45) is 7.05 Å². The summed E-state index contributed by atoms with van der Waals surface area (Å²) in [5.41, 5.74) is 4.41. The van der Waals surface area contributed by atoms with Crippen LogP contribution in [0.3, 0.4) is 0 Å². The van der Waals surface area contributed by atoms with Crippen molar-refractivity contribution in [2.75, 3.05) is 6.26 Å². The highest BCUT2D eigenvalue weighted by atomic mass is 32.2. The Morgan fingerprint density at radius 2 is 1.78 bits per heavy atom. The largest absolute Gasteiger partial charge is 0.261 e. The van der Waals surface area contributed by atoms with Crippen molar-refractivity contribution in [3.63, 3.8) is 0 Å². The minimum absolute atomic E-state index is 0.202. The summed E-state index contributed by atoms with van der Waals surface area (Å²) in [6.45, 7) is 5.90. The molecule has 2 aromatic rings. The zero-order chi connectivity index (χ0) is 13.4. The van der Waals surface area contributed by atoms with Gasteiger partial charge < -0.3 is 0 Å². The van der Waals surface area contributed by atoms with Gasteiger partial charge in [0.05, 0.1) is 10.7 Å². The lowest BCUT2D eigenvalue weighted by Gasteiger charge is -2.06. The molecule has 18 heavy (non-hydrogen) atoms. The highest BCUT2D eigenvalue weighted by molar-refractivity contribution is 7.98. The van der Waals surface area contributed by atoms with Crippen LogP contribution in [-0.2, 0) is 7.05 Å². The Kier molecular flexibility index (Phi) is 3.48. The summed E-state index contributed by atoms with van der Waals surface area (Å²) in [4.78, 5) is 0. The quantitative estimate of drug-likeness (QED) is 0.766. The van der Waals surface area contributed by atoms with Crippen LogP contribution in [0.25, 0.3) is 11.3 Å². The van der Waals surface area contributed by atoms with Crippen LogP contribution >= 0.6 is 11.8 Å². The molecule has 1 heterocycles. The Morgan fingerprint density at radius 1 is 1.17 bits per heavy atom. The third-order valence-electron chi connectivity index (χ3n) is 3.25. The fourth-order valence-electron chi connectivity index (χ4n) is 2.12. The van der Waals surface area contributed by atoms with Gasteiger partial charge in [0.1, 0.15) is 5.82 Å². The van der Waals surface area contributed by atoms with Gasteiger partial charge in [-0.1, -0.05) is 0 Å². The summed E-state index contributed by atoms with van der Waals surface area (Å²) in [6, 6.07) is 3.46. The van der Waals surface area contributed by atoms with Gasteiger partial charge in [-0.25, -0.2) is 4.39 Å². The van der Waals surface area contributed by atoms with Crippen LogP contribution in [0.15, 0.2) is 17.2 Å². The molecule has 0 bridgehead atoms. The molecular formula is C14H17FN2S. The lowest BCUT2D eigenvalue weighted by Crippen LogP contribution is -1.93. The molecule has 1 aromatic carbocycles. The normalized spacial score (nSPS) is 11.0. The van der Waals surface area contributed by atoms with E-state index in [0.717, 1.165) is 27.4 Å². The molecule has 0 N–H and O–H groups in total. The van der Waals surface area contributed by atoms with Crippen LogP contribution in [0.4, 0.5) is 4.39 Å². The maximum absolute atomic E-state index is 14.1. The minimum atomic E-state index is -0.202. The van der Waals surface area contributed by atoms with E-state index in [0.29, 0.717) is 5.56 Å². The van der Waals surface area contributed by atoms with E-state index in [1.807, 2.05) is 44.8 Å². The molecule has 0 aliphatic rings. The molecule has 2 rings (SSSR count). The smallest absolute Gasteiger partial charge is 0.132 e. The molecule has 0 amide bonds. The van der Waals surface area contributed by atoms with Crippen LogP contribution in [0.1, 0.15) is 16.7 Å². The van der Waals surface area contributed by atoms with Crippen LogP contribution in [0, 0.1) is 26.6 Å². The van der Waals surface area contributed by atoms with Crippen LogP contribution < -0.4 is 0 Å². The topological polar surface area (TPSA) is 17.8 Å². The molecule has 0 saturated heterocycles. The monoisotopic (exact) mass is 264 g/mol. The fourth-order valence-corrected chi connectivity index (χ4v) is 2.83. The van der Waals surface area contributed by atoms with Crippen molar-refractivity contribution >= 4 is 11.8 Å². The Labute approximate surface area is 111 Å². The Hall–Kier alpha value is -1.29. The zero-order valence-electron chi connectivity index (χ0n) is 11.3. The van der Waals surface area contributed by atoms with E-state index in [4.69, 9.17) is 0 Å². The number of hydrogen-bond donors (Lipinski definition) is 0. The highest BCUT2D eigenvalue weighted by Crippen LogP contribution is 2.32. The predicted molar refractivity (Wildman–Crippen MR) is 74.6 cm³/mol. The molecule has 0 saturated carbocycles. The second kappa shape index (κ2) is 4.76. The maximum atomic E-state index is 14.1. The first kappa shape index (κ1) is 13.1. The third kappa shape index (κ3) is 2.05. The van der Waals surface area contributed by atoms with Crippen molar-refractivity contribution in [3.8, 4) is 11.3 Å². The average molecular weight is 264 g/mol. The number of benzene rings is 1. The van der Waals surface area contributed by atoms with Crippen LogP contribution in [0.5, 0.6) is 0 Å². The summed E-state index contributed by atoms with van der Waals surface area (Å²) in [6.07, 6.45) is 2.00. The van der Waals surface area contributed by atoms with E-state index < -0.39 is 0 Å². The third-order valence-corrected chi connectivity index (χ3v) is 4.21. The van der Waals surface area contributed by atoms with E-state index >= 15 is 0 Å². The fraction of sp³-hybridized carbons (Fsp3) is 0.357. The molecule has 0 fully saturated rings. The van der Waals surface area contributed by atoms with Gasteiger partial charge in [-0.2, -0.15) is 5.10 Å². The van der Waals surface area contributed by atoms with Gasteiger partial charge in [0.2, 0.25) is 0 Å². The van der Waals surface area contributed by atoms with Gasteiger partial charge in [0.15, 0.2) is 0 Å². The molecule has 0 atom stereocenters. The van der Waals surface area contributed by atoms with Crippen molar-refractivity contribution in [1.29, 1.82) is 0 Å². The standard InChI is InChI=1S/C14H17FN2S/c1-8-6-11(12(15)7-9(8)2)13-10(3)14(18-5)17(4)16-13/h6-7H,1-5H3. The second-order valence-electron chi connectivity index (χ2n) is 4.52. The van der Waals surface area contributed by atoms with E-state index in [1.54, 1.807) is 17.8 Å². The molecule has 4 heteroatoms. The van der Waals surface area contributed by atoms with Crippen LogP contribution in [-0.4, -0.2) is 16.0 Å². The number of hydrogen-bond acceptors (Lipinski definition) is 2. The number of nitrogens with zero attached hydrogens (tertiary/aromatic N) is 2. The second-order valence-corrected chi connectivity index (χ2v) is 5.32. The Morgan fingerprint density at radius 3 is 2.33 bits per heavy atom. The molecule has 0 unspecified atom stereocenters. The van der Waals surface area contributed by atoms with E-state index in [2.05, 4.69) is 5.10 Å². The molecule has 96 valence electrons. The maximum Gasteiger partial charge on any atom is 0.132 e. The molecule has 2 nitrogen and oxygen atoms in total. The Balaban J connectivity index is 2.66. The lowest BCUT2D eigenvalue weighted by molar-refractivity contribution is 0.627. The SMILES string of the molecule is CSc1c(C)c(-c2cc(C)c(C)cc2F)nn1C. The van der Waals surface area contributed by atoms with Crippen molar-refractivity contribution in [2.45, 2.75) is 25.8 Å². The predicted octanol–water partition coefficient (Wildman–Crippen LogP) is 3.87. The number of thioether (sulfide) groups is 1. The molecule has 1 aromatic heterocycles. The van der Waals surface area contributed by atoms with E-state index in [-0.39, 0.29) is 5.82 Å². The van der Waals surface area contributed by atoms with E-state index in [9.17, 15) is 4.39 Å². The van der Waals surface area contributed by atoms with E-state index in [1.165, 1.54) is 0 Å². The summed E-state index contributed by atoms with van der Waals surface area (Å²) in [7, 11) is 1.89. The summed E-state index contributed by atoms with van der Waals surface area (Å²) in [5.74, 6) is -0.202. The molecule has 0 spiro atoms. The molecular weight excluding hydrogens is 247 g/mol. The highest BCUT2D eigenvalue weighted by Gasteiger charge is 2.17. The van der Waals surface area contributed by atoms with Crippen molar-refractivity contribution < 1.29 is 4.39 Å². The summed E-state index contributed by atoms with van der Waals surface area (Å²) in [5, 5.41) is 5.51. The van der Waals surface area contributed by atoms with Gasteiger partial charge in [0.25, 0.3) is 0 Å². The van der Waals surface area contributed by atoms with Crippen molar-refractivity contribution in [3.05, 3.63) is 34.6 Å². The number of halogens is 1. The first-order chi connectivity index (χ1) is 8.45. The summed E-state index contributed by atoms with van der Waals surface area (Å²) < 4.78 is 15.9. The Bertz CT molecular complexity index is 602. The molecule has 0 aliphatic carbocycles. The average Bonchev–Trinajstić information content (AvgIpc) is 2.59. The molecule has 0 aliphatic heterocycles.